The highest BCUT2D eigenvalue weighted by atomic mass is 32.2. The van der Waals surface area contributed by atoms with E-state index in [1.807, 2.05) is 11.8 Å². The van der Waals surface area contributed by atoms with E-state index in [2.05, 4.69) is 5.32 Å². The van der Waals surface area contributed by atoms with Gasteiger partial charge in [-0.1, -0.05) is 12.8 Å². The first kappa shape index (κ1) is 13.2. The van der Waals surface area contributed by atoms with Gasteiger partial charge in [-0.25, -0.2) is 0 Å². The number of rotatable bonds is 4. The van der Waals surface area contributed by atoms with Gasteiger partial charge in [0.25, 0.3) is 0 Å². The molecule has 0 aromatic heterocycles. The van der Waals surface area contributed by atoms with Crippen molar-refractivity contribution in [2.24, 2.45) is 5.92 Å². The van der Waals surface area contributed by atoms with Crippen molar-refractivity contribution in [3.63, 3.8) is 0 Å². The lowest BCUT2D eigenvalue weighted by molar-refractivity contribution is -0.123. The monoisotopic (exact) mass is 257 g/mol. The molecule has 1 saturated carbocycles. The first-order valence-corrected chi connectivity index (χ1v) is 7.90. The Morgan fingerprint density at radius 1 is 1.29 bits per heavy atom. The molecule has 3 nitrogen and oxygen atoms in total. The largest absolute Gasteiger partial charge is 0.388 e. The number of carbonyl (C=O) groups is 1. The van der Waals surface area contributed by atoms with Gasteiger partial charge in [0.05, 0.1) is 5.60 Å². The standard InChI is InChI=1S/C13H23NO2S/c15-12(9-11-3-7-17-8-4-11)14-10-13(16)5-1-2-6-13/h11,16H,1-10H2,(H,14,15). The topological polar surface area (TPSA) is 49.3 Å². The summed E-state index contributed by atoms with van der Waals surface area (Å²) in [4.78, 5) is 11.8. The molecule has 0 spiro atoms. The molecule has 0 aromatic carbocycles. The van der Waals surface area contributed by atoms with E-state index in [1.54, 1.807) is 0 Å². The molecular formula is C13H23NO2S. The van der Waals surface area contributed by atoms with Crippen LogP contribution in [0.4, 0.5) is 0 Å². The molecule has 1 amide bonds. The summed E-state index contributed by atoms with van der Waals surface area (Å²) in [5.41, 5.74) is -0.613. The normalized spacial score (nSPS) is 24.8. The number of aliphatic hydroxyl groups is 1. The summed E-state index contributed by atoms with van der Waals surface area (Å²) in [5.74, 6) is 3.08. The van der Waals surface area contributed by atoms with E-state index in [0.717, 1.165) is 25.7 Å². The molecule has 1 aliphatic carbocycles. The van der Waals surface area contributed by atoms with Crippen LogP contribution in [0.2, 0.25) is 0 Å². The number of hydrogen-bond acceptors (Lipinski definition) is 3. The van der Waals surface area contributed by atoms with Crippen molar-refractivity contribution in [1.29, 1.82) is 0 Å². The van der Waals surface area contributed by atoms with Gasteiger partial charge in [0, 0.05) is 13.0 Å². The molecule has 0 unspecified atom stereocenters. The molecule has 1 heterocycles. The number of thioether (sulfide) groups is 1. The Morgan fingerprint density at radius 2 is 1.94 bits per heavy atom. The van der Waals surface area contributed by atoms with E-state index in [9.17, 15) is 9.90 Å². The molecule has 1 aliphatic heterocycles. The molecule has 1 saturated heterocycles. The minimum Gasteiger partial charge on any atom is -0.388 e. The highest BCUT2D eigenvalue weighted by Crippen LogP contribution is 2.29. The summed E-state index contributed by atoms with van der Waals surface area (Å²) in [6, 6.07) is 0. The van der Waals surface area contributed by atoms with E-state index >= 15 is 0 Å². The van der Waals surface area contributed by atoms with E-state index in [4.69, 9.17) is 0 Å². The highest BCUT2D eigenvalue weighted by Gasteiger charge is 2.31. The fourth-order valence-electron chi connectivity index (χ4n) is 2.76. The van der Waals surface area contributed by atoms with Crippen LogP contribution in [0.5, 0.6) is 0 Å². The van der Waals surface area contributed by atoms with Gasteiger partial charge in [-0.3, -0.25) is 4.79 Å². The summed E-state index contributed by atoms with van der Waals surface area (Å²) in [7, 11) is 0. The van der Waals surface area contributed by atoms with Crippen LogP contribution in [0.3, 0.4) is 0 Å². The molecule has 0 radical (unpaired) electrons. The molecule has 2 rings (SSSR count). The van der Waals surface area contributed by atoms with Crippen molar-refractivity contribution in [2.45, 2.75) is 50.5 Å². The van der Waals surface area contributed by atoms with E-state index in [-0.39, 0.29) is 5.91 Å². The van der Waals surface area contributed by atoms with Gasteiger partial charge >= 0.3 is 0 Å². The number of amides is 1. The van der Waals surface area contributed by atoms with Gasteiger partial charge in [0.1, 0.15) is 0 Å². The van der Waals surface area contributed by atoms with Crippen LogP contribution in [0.15, 0.2) is 0 Å². The predicted octanol–water partition coefficient (Wildman–Crippen LogP) is 1.94. The number of hydrogen-bond donors (Lipinski definition) is 2. The van der Waals surface area contributed by atoms with Gasteiger partial charge in [-0.05, 0) is 43.1 Å². The van der Waals surface area contributed by atoms with E-state index < -0.39 is 5.60 Å². The van der Waals surface area contributed by atoms with Gasteiger partial charge in [-0.2, -0.15) is 11.8 Å². The quantitative estimate of drug-likeness (QED) is 0.809. The third-order valence-electron chi connectivity index (χ3n) is 3.96. The molecule has 0 aromatic rings. The minimum absolute atomic E-state index is 0.127. The fourth-order valence-corrected chi connectivity index (χ4v) is 3.96. The predicted molar refractivity (Wildman–Crippen MR) is 71.1 cm³/mol. The van der Waals surface area contributed by atoms with Crippen molar-refractivity contribution < 1.29 is 9.90 Å². The molecule has 2 fully saturated rings. The minimum atomic E-state index is -0.613. The smallest absolute Gasteiger partial charge is 0.220 e. The third-order valence-corrected chi connectivity index (χ3v) is 5.01. The Hall–Kier alpha value is -0.220. The fraction of sp³-hybridized carbons (Fsp3) is 0.923. The van der Waals surface area contributed by atoms with Crippen molar-refractivity contribution in [3.8, 4) is 0 Å². The zero-order valence-corrected chi connectivity index (χ0v) is 11.2. The maximum Gasteiger partial charge on any atom is 0.220 e. The van der Waals surface area contributed by atoms with Crippen molar-refractivity contribution in [2.75, 3.05) is 18.1 Å². The summed E-state index contributed by atoms with van der Waals surface area (Å²) in [5, 5.41) is 13.0. The lowest BCUT2D eigenvalue weighted by Gasteiger charge is -2.24. The van der Waals surface area contributed by atoms with E-state index in [1.165, 1.54) is 24.3 Å². The van der Waals surface area contributed by atoms with Gasteiger partial charge in [-0.15, -0.1) is 0 Å². The summed E-state index contributed by atoms with van der Waals surface area (Å²) >= 11 is 1.99. The van der Waals surface area contributed by atoms with Crippen molar-refractivity contribution >= 4 is 17.7 Å². The average molecular weight is 257 g/mol. The van der Waals surface area contributed by atoms with Crippen molar-refractivity contribution in [1.82, 2.24) is 5.32 Å². The summed E-state index contributed by atoms with van der Waals surface area (Å²) in [6.07, 6.45) is 6.85. The second-order valence-electron chi connectivity index (χ2n) is 5.47. The highest BCUT2D eigenvalue weighted by molar-refractivity contribution is 7.99. The second kappa shape index (κ2) is 6.10. The second-order valence-corrected chi connectivity index (χ2v) is 6.69. The van der Waals surface area contributed by atoms with Gasteiger partial charge in [0.15, 0.2) is 0 Å². The van der Waals surface area contributed by atoms with E-state index in [0.29, 0.717) is 18.9 Å². The number of carbonyl (C=O) groups excluding carboxylic acids is 1. The van der Waals surface area contributed by atoms with Crippen molar-refractivity contribution in [3.05, 3.63) is 0 Å². The molecule has 2 N–H and O–H groups in total. The number of nitrogens with one attached hydrogen (secondary N) is 1. The first-order valence-electron chi connectivity index (χ1n) is 6.75. The van der Waals surface area contributed by atoms with Crippen LogP contribution >= 0.6 is 11.8 Å². The Morgan fingerprint density at radius 3 is 2.59 bits per heavy atom. The van der Waals surface area contributed by atoms with Crippen LogP contribution in [0.1, 0.15) is 44.9 Å². The van der Waals surface area contributed by atoms with Crippen LogP contribution in [0, 0.1) is 5.92 Å². The van der Waals surface area contributed by atoms with Gasteiger partial charge < -0.3 is 10.4 Å². The van der Waals surface area contributed by atoms with Crippen LogP contribution in [-0.4, -0.2) is 34.7 Å². The maximum absolute atomic E-state index is 11.8. The maximum atomic E-state index is 11.8. The molecule has 0 atom stereocenters. The summed E-state index contributed by atoms with van der Waals surface area (Å²) < 4.78 is 0. The lowest BCUT2D eigenvalue weighted by Crippen LogP contribution is -2.41. The molecule has 4 heteroatoms. The third kappa shape index (κ3) is 4.18. The zero-order valence-electron chi connectivity index (χ0n) is 10.4. The molecule has 98 valence electrons. The zero-order chi connectivity index (χ0) is 12.1. The van der Waals surface area contributed by atoms with Crippen LogP contribution in [-0.2, 0) is 4.79 Å². The molecular weight excluding hydrogens is 234 g/mol. The SMILES string of the molecule is O=C(CC1CCSCC1)NCC1(O)CCCC1. The first-order chi connectivity index (χ1) is 8.18. The molecule has 0 bridgehead atoms. The average Bonchev–Trinajstić information content (AvgIpc) is 2.76. The van der Waals surface area contributed by atoms with Crippen LogP contribution in [0.25, 0.3) is 0 Å². The Labute approximate surface area is 108 Å². The van der Waals surface area contributed by atoms with Crippen LogP contribution < -0.4 is 5.32 Å². The molecule has 17 heavy (non-hydrogen) atoms. The van der Waals surface area contributed by atoms with Gasteiger partial charge in [0.2, 0.25) is 5.91 Å². The molecule has 2 aliphatic rings. The lowest BCUT2D eigenvalue weighted by atomic mass is 9.98. The Balaban J connectivity index is 1.66. The summed E-state index contributed by atoms with van der Waals surface area (Å²) in [6.45, 7) is 0.452. The Bertz CT molecular complexity index is 258. The Kier molecular flexibility index (Phi) is 4.74.